The summed E-state index contributed by atoms with van der Waals surface area (Å²) in [7, 11) is 2.09. The molecule has 1 aromatic rings. The number of likely N-dealkylation sites (N-methyl/N-ethyl adjacent to an activating group) is 1. The zero-order valence-electron chi connectivity index (χ0n) is 12.3. The third-order valence-electron chi connectivity index (χ3n) is 2.91. The molecule has 5 heteroatoms. The first kappa shape index (κ1) is 16.9. The van der Waals surface area contributed by atoms with E-state index in [4.69, 9.17) is 27.4 Å². The lowest BCUT2D eigenvalue weighted by Gasteiger charge is -2.16. The maximum Gasteiger partial charge on any atom is 0.119 e. The van der Waals surface area contributed by atoms with Gasteiger partial charge in [0.05, 0.1) is 13.2 Å². The van der Waals surface area contributed by atoms with Gasteiger partial charge in [-0.3, -0.25) is 0 Å². The molecular weight excluding hydrogens is 272 g/mol. The number of ether oxygens (including phenoxy) is 2. The molecule has 0 saturated carbocycles. The minimum absolute atomic E-state index is 0.410. The van der Waals surface area contributed by atoms with Crippen LogP contribution in [0.2, 0.25) is 0 Å². The fraction of sp³-hybridized carbons (Fsp3) is 0.533. The highest BCUT2D eigenvalue weighted by molar-refractivity contribution is 7.80. The van der Waals surface area contributed by atoms with Crippen LogP contribution >= 0.6 is 12.2 Å². The molecule has 2 N–H and O–H groups in total. The Morgan fingerprint density at radius 1 is 1.20 bits per heavy atom. The molecule has 0 aliphatic heterocycles. The van der Waals surface area contributed by atoms with Gasteiger partial charge in [0.15, 0.2) is 0 Å². The zero-order valence-corrected chi connectivity index (χ0v) is 13.1. The van der Waals surface area contributed by atoms with Crippen molar-refractivity contribution >= 4 is 17.2 Å². The van der Waals surface area contributed by atoms with E-state index >= 15 is 0 Å². The number of hydrogen-bond acceptors (Lipinski definition) is 4. The molecule has 1 aromatic carbocycles. The average molecular weight is 296 g/mol. The molecule has 20 heavy (non-hydrogen) atoms. The molecule has 0 saturated heterocycles. The van der Waals surface area contributed by atoms with Gasteiger partial charge in [0.1, 0.15) is 10.7 Å². The SMILES string of the molecule is CCOCCN(C)CCCOc1ccc(C(N)=S)cc1. The van der Waals surface area contributed by atoms with Crippen LogP contribution in [0.25, 0.3) is 0 Å². The van der Waals surface area contributed by atoms with Crippen LogP contribution < -0.4 is 10.5 Å². The summed E-state index contributed by atoms with van der Waals surface area (Å²) >= 11 is 4.90. The van der Waals surface area contributed by atoms with Gasteiger partial charge in [-0.1, -0.05) is 12.2 Å². The molecule has 112 valence electrons. The second-order valence-electron chi connectivity index (χ2n) is 4.59. The van der Waals surface area contributed by atoms with Crippen LogP contribution in [-0.4, -0.2) is 49.8 Å². The Morgan fingerprint density at radius 3 is 2.50 bits per heavy atom. The van der Waals surface area contributed by atoms with Gasteiger partial charge in [0.25, 0.3) is 0 Å². The summed E-state index contributed by atoms with van der Waals surface area (Å²) in [4.78, 5) is 2.65. The molecule has 0 aromatic heterocycles. The average Bonchev–Trinajstić information content (AvgIpc) is 2.44. The minimum Gasteiger partial charge on any atom is -0.494 e. The van der Waals surface area contributed by atoms with Crippen molar-refractivity contribution in [2.45, 2.75) is 13.3 Å². The third kappa shape index (κ3) is 6.84. The van der Waals surface area contributed by atoms with E-state index in [2.05, 4.69) is 11.9 Å². The van der Waals surface area contributed by atoms with Crippen molar-refractivity contribution in [3.63, 3.8) is 0 Å². The van der Waals surface area contributed by atoms with Crippen molar-refractivity contribution in [2.75, 3.05) is 40.0 Å². The van der Waals surface area contributed by atoms with E-state index in [9.17, 15) is 0 Å². The highest BCUT2D eigenvalue weighted by atomic mass is 32.1. The lowest BCUT2D eigenvalue weighted by molar-refractivity contribution is 0.120. The molecule has 0 bridgehead atoms. The van der Waals surface area contributed by atoms with E-state index in [1.54, 1.807) is 0 Å². The number of nitrogens with two attached hydrogens (primary N) is 1. The summed E-state index contributed by atoms with van der Waals surface area (Å²) < 4.78 is 11.0. The van der Waals surface area contributed by atoms with Gasteiger partial charge in [-0.25, -0.2) is 0 Å². The van der Waals surface area contributed by atoms with Crippen LogP contribution in [0.4, 0.5) is 0 Å². The summed E-state index contributed by atoms with van der Waals surface area (Å²) in [6.07, 6.45) is 0.986. The van der Waals surface area contributed by atoms with Crippen LogP contribution in [-0.2, 0) is 4.74 Å². The summed E-state index contributed by atoms with van der Waals surface area (Å²) in [5.41, 5.74) is 6.41. The van der Waals surface area contributed by atoms with Crippen LogP contribution in [0.5, 0.6) is 5.75 Å². The Labute approximate surface area is 126 Å². The number of nitrogens with zero attached hydrogens (tertiary/aromatic N) is 1. The van der Waals surface area contributed by atoms with Crippen molar-refractivity contribution in [3.05, 3.63) is 29.8 Å². The Hall–Kier alpha value is -1.17. The van der Waals surface area contributed by atoms with Crippen molar-refractivity contribution in [1.29, 1.82) is 0 Å². The van der Waals surface area contributed by atoms with Crippen molar-refractivity contribution in [1.82, 2.24) is 4.90 Å². The number of thiocarbonyl (C=S) groups is 1. The summed E-state index contributed by atoms with van der Waals surface area (Å²) in [6, 6.07) is 7.55. The second kappa shape index (κ2) is 9.69. The molecule has 0 aliphatic carbocycles. The van der Waals surface area contributed by atoms with Crippen molar-refractivity contribution in [2.24, 2.45) is 5.73 Å². The van der Waals surface area contributed by atoms with Gasteiger partial charge in [0, 0.05) is 25.3 Å². The number of hydrogen-bond donors (Lipinski definition) is 1. The highest BCUT2D eigenvalue weighted by Gasteiger charge is 2.00. The molecule has 0 heterocycles. The first-order valence-electron chi connectivity index (χ1n) is 6.92. The molecule has 4 nitrogen and oxygen atoms in total. The maximum absolute atomic E-state index is 5.67. The first-order chi connectivity index (χ1) is 9.63. The zero-order chi connectivity index (χ0) is 14.8. The molecule has 0 atom stereocenters. The van der Waals surface area contributed by atoms with E-state index in [-0.39, 0.29) is 0 Å². The predicted octanol–water partition coefficient (Wildman–Crippen LogP) is 2.06. The normalized spacial score (nSPS) is 10.8. The van der Waals surface area contributed by atoms with Gasteiger partial charge >= 0.3 is 0 Å². The smallest absolute Gasteiger partial charge is 0.119 e. The van der Waals surface area contributed by atoms with Gasteiger partial charge in [-0.15, -0.1) is 0 Å². The lowest BCUT2D eigenvalue weighted by atomic mass is 10.2. The molecule has 0 aliphatic rings. The van der Waals surface area contributed by atoms with Crippen LogP contribution in [0, 0.1) is 0 Å². The van der Waals surface area contributed by atoms with E-state index in [0.717, 1.165) is 44.0 Å². The van der Waals surface area contributed by atoms with E-state index < -0.39 is 0 Å². The molecule has 0 unspecified atom stereocenters. The van der Waals surface area contributed by atoms with Gasteiger partial charge in [-0.2, -0.15) is 0 Å². The van der Waals surface area contributed by atoms with E-state index in [1.165, 1.54) is 0 Å². The Kier molecular flexibility index (Phi) is 8.18. The Morgan fingerprint density at radius 2 is 1.90 bits per heavy atom. The van der Waals surface area contributed by atoms with Crippen LogP contribution in [0.1, 0.15) is 18.9 Å². The van der Waals surface area contributed by atoms with Gasteiger partial charge in [-0.05, 0) is 44.7 Å². The van der Waals surface area contributed by atoms with Crippen molar-refractivity contribution in [3.8, 4) is 5.75 Å². The highest BCUT2D eigenvalue weighted by Crippen LogP contribution is 2.12. The summed E-state index contributed by atoms with van der Waals surface area (Å²) in [5.74, 6) is 0.849. The molecular formula is C15H24N2O2S. The first-order valence-corrected chi connectivity index (χ1v) is 7.33. The molecule has 0 amide bonds. The third-order valence-corrected chi connectivity index (χ3v) is 3.15. The molecule has 1 rings (SSSR count). The van der Waals surface area contributed by atoms with Crippen LogP contribution in [0.3, 0.4) is 0 Å². The number of benzene rings is 1. The Balaban J connectivity index is 2.16. The minimum atomic E-state index is 0.410. The van der Waals surface area contributed by atoms with Crippen molar-refractivity contribution < 1.29 is 9.47 Å². The van der Waals surface area contributed by atoms with Crippen LogP contribution in [0.15, 0.2) is 24.3 Å². The Bertz CT molecular complexity index is 395. The lowest BCUT2D eigenvalue weighted by Crippen LogP contribution is -2.25. The quantitative estimate of drug-likeness (QED) is 0.529. The van der Waals surface area contributed by atoms with Gasteiger partial charge < -0.3 is 20.1 Å². The van der Waals surface area contributed by atoms with Gasteiger partial charge in [0.2, 0.25) is 0 Å². The largest absolute Gasteiger partial charge is 0.494 e. The van der Waals surface area contributed by atoms with E-state index in [1.807, 2.05) is 31.2 Å². The predicted molar refractivity (Wildman–Crippen MR) is 86.4 cm³/mol. The van der Waals surface area contributed by atoms with E-state index in [0.29, 0.717) is 11.6 Å². The molecule has 0 fully saturated rings. The fourth-order valence-electron chi connectivity index (χ4n) is 1.72. The summed E-state index contributed by atoms with van der Waals surface area (Å²) in [6.45, 7) is 6.23. The fourth-order valence-corrected chi connectivity index (χ4v) is 1.85. The second-order valence-corrected chi connectivity index (χ2v) is 5.03. The number of rotatable bonds is 10. The maximum atomic E-state index is 5.67. The summed E-state index contributed by atoms with van der Waals surface area (Å²) in [5, 5.41) is 0. The standard InChI is InChI=1S/C15H24N2O2S/c1-3-18-12-10-17(2)9-4-11-19-14-7-5-13(6-8-14)15(16)20/h5-8H,3-4,9-12H2,1-2H3,(H2,16,20). The molecule has 0 radical (unpaired) electrons. The monoisotopic (exact) mass is 296 g/mol. The topological polar surface area (TPSA) is 47.7 Å². The molecule has 0 spiro atoms.